The SMILES string of the molecule is NC(=O)C1CC(C(=O)NCCNC(=O)C2CCCCC2)=NN1c1ccc(F)cc1. The van der Waals surface area contributed by atoms with E-state index in [1.54, 1.807) is 0 Å². The van der Waals surface area contributed by atoms with Gasteiger partial charge in [-0.25, -0.2) is 4.39 Å². The molecule has 9 heteroatoms. The fraction of sp³-hybridized carbons (Fsp3) is 0.500. The number of carbonyl (C=O) groups is 3. The van der Waals surface area contributed by atoms with Crippen LogP contribution in [0.3, 0.4) is 0 Å². The second-order valence-corrected chi connectivity index (χ2v) is 7.37. The molecule has 0 bridgehead atoms. The van der Waals surface area contributed by atoms with Crippen LogP contribution in [0.25, 0.3) is 0 Å². The minimum absolute atomic E-state index is 0.0356. The molecular weight excluding hydrogens is 377 g/mol. The molecule has 156 valence electrons. The largest absolute Gasteiger partial charge is 0.368 e. The van der Waals surface area contributed by atoms with Gasteiger partial charge in [0.15, 0.2) is 0 Å². The summed E-state index contributed by atoms with van der Waals surface area (Å²) in [5.74, 6) is -1.36. The van der Waals surface area contributed by atoms with Crippen LogP contribution in [0.1, 0.15) is 38.5 Å². The summed E-state index contributed by atoms with van der Waals surface area (Å²) >= 11 is 0. The number of hydrogen-bond acceptors (Lipinski definition) is 5. The third-order valence-electron chi connectivity index (χ3n) is 5.28. The van der Waals surface area contributed by atoms with Gasteiger partial charge in [-0.3, -0.25) is 19.4 Å². The van der Waals surface area contributed by atoms with E-state index in [1.807, 2.05) is 0 Å². The molecule has 1 aliphatic carbocycles. The van der Waals surface area contributed by atoms with Crippen LogP contribution in [0, 0.1) is 11.7 Å². The Bertz CT molecular complexity index is 790. The van der Waals surface area contributed by atoms with E-state index in [0.29, 0.717) is 12.2 Å². The first kappa shape index (κ1) is 20.8. The summed E-state index contributed by atoms with van der Waals surface area (Å²) in [5.41, 5.74) is 6.07. The van der Waals surface area contributed by atoms with E-state index in [4.69, 9.17) is 5.73 Å². The monoisotopic (exact) mass is 403 g/mol. The van der Waals surface area contributed by atoms with E-state index < -0.39 is 23.7 Å². The van der Waals surface area contributed by atoms with E-state index in [2.05, 4.69) is 15.7 Å². The van der Waals surface area contributed by atoms with Crippen LogP contribution < -0.4 is 21.4 Å². The van der Waals surface area contributed by atoms with Crippen molar-refractivity contribution in [1.29, 1.82) is 0 Å². The number of hydrazone groups is 1. The molecule has 3 amide bonds. The Kier molecular flexibility index (Phi) is 6.79. The zero-order valence-electron chi connectivity index (χ0n) is 16.2. The fourth-order valence-electron chi connectivity index (χ4n) is 3.67. The number of amides is 3. The lowest BCUT2D eigenvalue weighted by molar-refractivity contribution is -0.126. The van der Waals surface area contributed by atoms with Crippen molar-refractivity contribution in [3.63, 3.8) is 0 Å². The highest BCUT2D eigenvalue weighted by molar-refractivity contribution is 6.40. The molecule has 0 radical (unpaired) electrons. The number of halogens is 1. The predicted molar refractivity (Wildman–Crippen MR) is 107 cm³/mol. The third-order valence-corrected chi connectivity index (χ3v) is 5.28. The van der Waals surface area contributed by atoms with Gasteiger partial charge in [-0.2, -0.15) is 5.10 Å². The highest BCUT2D eigenvalue weighted by Crippen LogP contribution is 2.25. The smallest absolute Gasteiger partial charge is 0.267 e. The van der Waals surface area contributed by atoms with Crippen LogP contribution >= 0.6 is 0 Å². The average molecular weight is 403 g/mol. The van der Waals surface area contributed by atoms with E-state index in [1.165, 1.54) is 35.7 Å². The van der Waals surface area contributed by atoms with E-state index in [0.717, 1.165) is 25.7 Å². The molecule has 1 aliphatic heterocycles. The van der Waals surface area contributed by atoms with Gasteiger partial charge in [0.2, 0.25) is 11.8 Å². The van der Waals surface area contributed by atoms with Gasteiger partial charge in [-0.1, -0.05) is 19.3 Å². The minimum Gasteiger partial charge on any atom is -0.368 e. The zero-order chi connectivity index (χ0) is 20.8. The van der Waals surface area contributed by atoms with E-state index >= 15 is 0 Å². The number of anilines is 1. The Balaban J connectivity index is 1.51. The van der Waals surface area contributed by atoms with Crippen LogP contribution in [0.5, 0.6) is 0 Å². The number of benzene rings is 1. The normalized spacial score (nSPS) is 19.6. The number of rotatable bonds is 7. The average Bonchev–Trinajstić information content (AvgIpc) is 3.18. The number of primary amides is 1. The quantitative estimate of drug-likeness (QED) is 0.590. The lowest BCUT2D eigenvalue weighted by atomic mass is 9.89. The standard InChI is InChI=1S/C20H26FN5O3/c21-14-6-8-15(9-7-14)26-17(18(22)27)12-16(25-26)20(29)24-11-10-23-19(28)13-4-2-1-3-5-13/h6-9,13,17H,1-5,10-12H2,(H2,22,27)(H,23,28)(H,24,29). The molecule has 1 atom stereocenters. The maximum absolute atomic E-state index is 13.1. The molecule has 1 aromatic rings. The molecular formula is C20H26FN5O3. The molecule has 0 spiro atoms. The van der Waals surface area contributed by atoms with Gasteiger partial charge in [0.1, 0.15) is 17.6 Å². The van der Waals surface area contributed by atoms with Crippen molar-refractivity contribution >= 4 is 29.1 Å². The van der Waals surface area contributed by atoms with Crippen LogP contribution in [-0.2, 0) is 14.4 Å². The van der Waals surface area contributed by atoms with E-state index in [-0.39, 0.29) is 30.5 Å². The molecule has 1 heterocycles. The molecule has 3 rings (SSSR count). The van der Waals surface area contributed by atoms with Crippen molar-refractivity contribution in [2.45, 2.75) is 44.6 Å². The van der Waals surface area contributed by atoms with Crippen molar-refractivity contribution in [2.75, 3.05) is 18.1 Å². The Morgan fingerprint density at radius 1 is 1.07 bits per heavy atom. The van der Waals surface area contributed by atoms with Gasteiger partial charge in [0.25, 0.3) is 5.91 Å². The second kappa shape index (κ2) is 9.49. The van der Waals surface area contributed by atoms with Crippen molar-refractivity contribution in [2.24, 2.45) is 16.8 Å². The van der Waals surface area contributed by atoms with Crippen LogP contribution in [-0.4, -0.2) is 42.6 Å². The molecule has 29 heavy (non-hydrogen) atoms. The highest BCUT2D eigenvalue weighted by atomic mass is 19.1. The summed E-state index contributed by atoms with van der Waals surface area (Å²) in [6.45, 7) is 0.587. The van der Waals surface area contributed by atoms with Crippen molar-refractivity contribution in [3.05, 3.63) is 30.1 Å². The zero-order valence-corrected chi connectivity index (χ0v) is 16.2. The number of nitrogens with zero attached hydrogens (tertiary/aromatic N) is 2. The lowest BCUT2D eigenvalue weighted by Gasteiger charge is -2.20. The summed E-state index contributed by atoms with van der Waals surface area (Å²) in [6.07, 6.45) is 5.25. The first-order valence-electron chi connectivity index (χ1n) is 9.93. The van der Waals surface area contributed by atoms with Gasteiger partial charge in [0, 0.05) is 25.4 Å². The van der Waals surface area contributed by atoms with Crippen LogP contribution in [0.2, 0.25) is 0 Å². The maximum atomic E-state index is 13.1. The topological polar surface area (TPSA) is 117 Å². The Morgan fingerprint density at radius 2 is 1.72 bits per heavy atom. The summed E-state index contributed by atoms with van der Waals surface area (Å²) in [7, 11) is 0. The lowest BCUT2D eigenvalue weighted by Crippen LogP contribution is -2.41. The first-order valence-corrected chi connectivity index (χ1v) is 9.93. The van der Waals surface area contributed by atoms with Crippen molar-refractivity contribution < 1.29 is 18.8 Å². The maximum Gasteiger partial charge on any atom is 0.267 e. The summed E-state index contributed by atoms with van der Waals surface area (Å²) < 4.78 is 13.1. The fourth-order valence-corrected chi connectivity index (χ4v) is 3.67. The number of nitrogens with two attached hydrogens (primary N) is 1. The first-order chi connectivity index (χ1) is 14.0. The van der Waals surface area contributed by atoms with E-state index in [9.17, 15) is 18.8 Å². The molecule has 1 unspecified atom stereocenters. The summed E-state index contributed by atoms with van der Waals surface area (Å²) in [4.78, 5) is 36.3. The van der Waals surface area contributed by atoms with Gasteiger partial charge < -0.3 is 16.4 Å². The molecule has 1 aromatic carbocycles. The van der Waals surface area contributed by atoms with Gasteiger partial charge in [0.05, 0.1) is 5.69 Å². The second-order valence-electron chi connectivity index (χ2n) is 7.37. The molecule has 4 N–H and O–H groups in total. The van der Waals surface area contributed by atoms with Crippen molar-refractivity contribution in [1.82, 2.24) is 10.6 Å². The van der Waals surface area contributed by atoms with Crippen molar-refractivity contribution in [3.8, 4) is 0 Å². The Hall–Kier alpha value is -2.97. The molecule has 1 saturated carbocycles. The summed E-state index contributed by atoms with van der Waals surface area (Å²) in [6, 6.07) is 4.62. The molecule has 2 aliphatic rings. The molecule has 8 nitrogen and oxygen atoms in total. The third kappa shape index (κ3) is 5.30. The van der Waals surface area contributed by atoms with Gasteiger partial charge >= 0.3 is 0 Å². The molecule has 0 saturated heterocycles. The minimum atomic E-state index is -0.813. The summed E-state index contributed by atoms with van der Waals surface area (Å²) in [5, 5.41) is 11.1. The predicted octanol–water partition coefficient (Wildman–Crippen LogP) is 1.06. The molecule has 1 fully saturated rings. The van der Waals surface area contributed by atoms with Gasteiger partial charge in [-0.05, 0) is 37.1 Å². The molecule has 0 aromatic heterocycles. The number of carbonyl (C=O) groups excluding carboxylic acids is 3. The Labute approximate surface area is 168 Å². The van der Waals surface area contributed by atoms with Crippen LogP contribution in [0.15, 0.2) is 29.4 Å². The Morgan fingerprint density at radius 3 is 2.38 bits per heavy atom. The van der Waals surface area contributed by atoms with Crippen LogP contribution in [0.4, 0.5) is 10.1 Å². The highest BCUT2D eigenvalue weighted by Gasteiger charge is 2.34. The van der Waals surface area contributed by atoms with Gasteiger partial charge in [-0.15, -0.1) is 0 Å². The number of nitrogens with one attached hydrogen (secondary N) is 2. The number of hydrogen-bond donors (Lipinski definition) is 3.